The smallest absolute Gasteiger partial charge is 0.263 e. The van der Waals surface area contributed by atoms with Crippen molar-refractivity contribution in [3.05, 3.63) is 20.3 Å². The Morgan fingerprint density at radius 2 is 2.00 bits per heavy atom. The summed E-state index contributed by atoms with van der Waals surface area (Å²) in [4.78, 5) is 15.3. The van der Waals surface area contributed by atoms with Gasteiger partial charge in [-0.15, -0.1) is 11.3 Å². The Bertz CT molecular complexity index is 451. The number of hydrogen-bond acceptors (Lipinski definition) is 2. The minimum absolute atomic E-state index is 0.170. The fourth-order valence-corrected chi connectivity index (χ4v) is 4.19. The van der Waals surface area contributed by atoms with E-state index in [1.165, 1.54) is 12.8 Å². The summed E-state index contributed by atoms with van der Waals surface area (Å²) in [6.07, 6.45) is 4.67. The molecule has 0 aliphatic heterocycles. The zero-order valence-electron chi connectivity index (χ0n) is 12.1. The number of rotatable bonds is 2. The van der Waals surface area contributed by atoms with Crippen molar-refractivity contribution >= 4 is 33.2 Å². The molecule has 1 aromatic rings. The van der Waals surface area contributed by atoms with E-state index in [1.807, 2.05) is 24.9 Å². The van der Waals surface area contributed by atoms with Crippen molar-refractivity contribution in [2.75, 3.05) is 7.05 Å². The number of nitrogens with zero attached hydrogens (tertiary/aromatic N) is 1. The Balaban J connectivity index is 2.04. The van der Waals surface area contributed by atoms with E-state index in [-0.39, 0.29) is 5.91 Å². The number of hydrogen-bond donors (Lipinski definition) is 0. The van der Waals surface area contributed by atoms with Crippen LogP contribution in [0.2, 0.25) is 0 Å². The standard InChI is InChI=1S/C15H22BrNOS/c1-10-9-12(19-13(10)16)14(18)17(4)11-5-7-15(2,3)8-6-11/h9,11H,5-8H2,1-4H3. The van der Waals surface area contributed by atoms with Gasteiger partial charge in [0.2, 0.25) is 0 Å². The number of amides is 1. The molecule has 0 bridgehead atoms. The monoisotopic (exact) mass is 343 g/mol. The van der Waals surface area contributed by atoms with E-state index >= 15 is 0 Å². The molecule has 1 aliphatic carbocycles. The first kappa shape index (κ1) is 15.0. The van der Waals surface area contributed by atoms with Crippen LogP contribution in [0.5, 0.6) is 0 Å². The SMILES string of the molecule is Cc1cc(C(=O)N(C)C2CCC(C)(C)CC2)sc1Br. The normalized spacial score (nSPS) is 19.4. The predicted octanol–water partition coefficient (Wildman–Crippen LogP) is 4.86. The van der Waals surface area contributed by atoms with Gasteiger partial charge in [-0.05, 0) is 65.6 Å². The molecule has 1 fully saturated rings. The van der Waals surface area contributed by atoms with Crippen LogP contribution in [-0.4, -0.2) is 23.9 Å². The lowest BCUT2D eigenvalue weighted by Gasteiger charge is -2.38. The highest BCUT2D eigenvalue weighted by Crippen LogP contribution is 2.37. The first-order valence-corrected chi connectivity index (χ1v) is 8.44. The lowest BCUT2D eigenvalue weighted by molar-refractivity contribution is 0.0640. The quantitative estimate of drug-likeness (QED) is 0.750. The van der Waals surface area contributed by atoms with Crippen LogP contribution in [0.15, 0.2) is 9.85 Å². The van der Waals surface area contributed by atoms with E-state index in [4.69, 9.17) is 0 Å². The van der Waals surface area contributed by atoms with Gasteiger partial charge in [-0.1, -0.05) is 13.8 Å². The lowest BCUT2D eigenvalue weighted by atomic mass is 9.75. The Hall–Kier alpha value is -0.350. The minimum Gasteiger partial charge on any atom is -0.338 e. The second kappa shape index (κ2) is 5.57. The van der Waals surface area contributed by atoms with Crippen molar-refractivity contribution in [3.8, 4) is 0 Å². The molecule has 4 heteroatoms. The summed E-state index contributed by atoms with van der Waals surface area (Å²) in [6, 6.07) is 2.39. The van der Waals surface area contributed by atoms with Crippen LogP contribution >= 0.6 is 27.3 Å². The van der Waals surface area contributed by atoms with E-state index in [1.54, 1.807) is 11.3 Å². The highest BCUT2D eigenvalue weighted by Gasteiger charge is 2.31. The van der Waals surface area contributed by atoms with Crippen LogP contribution in [0.4, 0.5) is 0 Å². The van der Waals surface area contributed by atoms with E-state index in [0.29, 0.717) is 11.5 Å². The third-order valence-corrected chi connectivity index (χ3v) is 6.37. The van der Waals surface area contributed by atoms with Crippen molar-refractivity contribution in [1.29, 1.82) is 0 Å². The second-order valence-corrected chi connectivity index (χ2v) is 8.75. The zero-order chi connectivity index (χ0) is 14.2. The average Bonchev–Trinajstić information content (AvgIpc) is 2.68. The second-order valence-electron chi connectivity index (χ2n) is 6.38. The van der Waals surface area contributed by atoms with Gasteiger partial charge >= 0.3 is 0 Å². The molecular weight excluding hydrogens is 322 g/mol. The maximum Gasteiger partial charge on any atom is 0.263 e. The number of halogens is 1. The fourth-order valence-electron chi connectivity index (χ4n) is 2.68. The van der Waals surface area contributed by atoms with Crippen LogP contribution in [0.25, 0.3) is 0 Å². The number of thiophene rings is 1. The van der Waals surface area contributed by atoms with Gasteiger partial charge in [0.05, 0.1) is 8.66 Å². The van der Waals surface area contributed by atoms with Crippen molar-refractivity contribution < 1.29 is 4.79 Å². The van der Waals surface area contributed by atoms with Crippen molar-refractivity contribution in [3.63, 3.8) is 0 Å². The molecule has 2 nitrogen and oxygen atoms in total. The minimum atomic E-state index is 0.170. The largest absolute Gasteiger partial charge is 0.338 e. The summed E-state index contributed by atoms with van der Waals surface area (Å²) in [7, 11) is 1.95. The Morgan fingerprint density at radius 3 is 2.47 bits per heavy atom. The topological polar surface area (TPSA) is 20.3 Å². The van der Waals surface area contributed by atoms with E-state index < -0.39 is 0 Å². The van der Waals surface area contributed by atoms with E-state index in [9.17, 15) is 4.79 Å². The summed E-state index contributed by atoms with van der Waals surface area (Å²) in [6.45, 7) is 6.68. The van der Waals surface area contributed by atoms with Crippen LogP contribution < -0.4 is 0 Å². The molecule has 1 aromatic heterocycles. The third kappa shape index (κ3) is 3.40. The van der Waals surface area contributed by atoms with Gasteiger partial charge in [0.25, 0.3) is 5.91 Å². The average molecular weight is 344 g/mol. The highest BCUT2D eigenvalue weighted by atomic mass is 79.9. The Kier molecular flexibility index (Phi) is 4.41. The van der Waals surface area contributed by atoms with E-state index in [0.717, 1.165) is 27.1 Å². The van der Waals surface area contributed by atoms with Crippen LogP contribution in [-0.2, 0) is 0 Å². The van der Waals surface area contributed by atoms with Gasteiger partial charge in [0.15, 0.2) is 0 Å². The Morgan fingerprint density at radius 1 is 1.42 bits per heavy atom. The van der Waals surface area contributed by atoms with Crippen LogP contribution in [0.1, 0.15) is 54.8 Å². The lowest BCUT2D eigenvalue weighted by Crippen LogP contribution is -2.40. The molecular formula is C15H22BrNOS. The number of aryl methyl sites for hydroxylation is 1. The summed E-state index contributed by atoms with van der Waals surface area (Å²) in [5.74, 6) is 0.170. The highest BCUT2D eigenvalue weighted by molar-refractivity contribution is 9.11. The van der Waals surface area contributed by atoms with Crippen molar-refractivity contribution in [2.45, 2.75) is 52.5 Å². The maximum absolute atomic E-state index is 12.5. The van der Waals surface area contributed by atoms with Gasteiger partial charge in [-0.2, -0.15) is 0 Å². The first-order chi connectivity index (χ1) is 8.80. The van der Waals surface area contributed by atoms with Crippen LogP contribution in [0.3, 0.4) is 0 Å². The van der Waals surface area contributed by atoms with Gasteiger partial charge in [0, 0.05) is 13.1 Å². The molecule has 0 saturated heterocycles. The van der Waals surface area contributed by atoms with Crippen LogP contribution in [0, 0.1) is 12.3 Å². The maximum atomic E-state index is 12.5. The fraction of sp³-hybridized carbons (Fsp3) is 0.667. The number of carbonyl (C=O) groups is 1. The molecule has 0 unspecified atom stereocenters. The first-order valence-electron chi connectivity index (χ1n) is 6.83. The summed E-state index contributed by atoms with van der Waals surface area (Å²) >= 11 is 5.03. The summed E-state index contributed by atoms with van der Waals surface area (Å²) in [5, 5.41) is 0. The summed E-state index contributed by atoms with van der Waals surface area (Å²) < 4.78 is 1.06. The molecule has 2 rings (SSSR count). The molecule has 106 valence electrons. The molecule has 1 saturated carbocycles. The molecule has 19 heavy (non-hydrogen) atoms. The van der Waals surface area contributed by atoms with Gasteiger partial charge in [0.1, 0.15) is 0 Å². The van der Waals surface area contributed by atoms with Gasteiger partial charge < -0.3 is 4.90 Å². The molecule has 0 radical (unpaired) electrons. The number of carbonyl (C=O) groups excluding carboxylic acids is 1. The van der Waals surface area contributed by atoms with E-state index in [2.05, 4.69) is 29.8 Å². The summed E-state index contributed by atoms with van der Waals surface area (Å²) in [5.41, 5.74) is 1.59. The van der Waals surface area contributed by atoms with Crippen molar-refractivity contribution in [2.24, 2.45) is 5.41 Å². The Labute approximate surface area is 128 Å². The molecule has 1 heterocycles. The molecule has 0 atom stereocenters. The molecule has 1 amide bonds. The molecule has 0 spiro atoms. The third-order valence-electron chi connectivity index (χ3n) is 4.24. The predicted molar refractivity (Wildman–Crippen MR) is 84.9 cm³/mol. The van der Waals surface area contributed by atoms with Gasteiger partial charge in [-0.25, -0.2) is 0 Å². The molecule has 0 N–H and O–H groups in total. The molecule has 1 aliphatic rings. The molecule has 0 aromatic carbocycles. The van der Waals surface area contributed by atoms with Gasteiger partial charge in [-0.3, -0.25) is 4.79 Å². The zero-order valence-corrected chi connectivity index (χ0v) is 14.5. The van der Waals surface area contributed by atoms with Crippen molar-refractivity contribution in [1.82, 2.24) is 4.90 Å².